The fraction of sp³-hybridized carbons (Fsp3) is 0.409. The van der Waals surface area contributed by atoms with Crippen LogP contribution in [0.2, 0.25) is 0 Å². The Morgan fingerprint density at radius 2 is 1.86 bits per heavy atom. The summed E-state index contributed by atoms with van der Waals surface area (Å²) in [6.07, 6.45) is 0. The van der Waals surface area contributed by atoms with Gasteiger partial charge in [-0.1, -0.05) is 43.7 Å². The highest BCUT2D eigenvalue weighted by Gasteiger charge is 2.19. The van der Waals surface area contributed by atoms with E-state index in [-0.39, 0.29) is 18.6 Å². The normalized spacial score (nSPS) is 12.3. The average Bonchev–Trinajstić information content (AvgIpc) is 3.23. The van der Waals surface area contributed by atoms with Crippen molar-refractivity contribution in [2.24, 2.45) is 5.92 Å². The minimum Gasteiger partial charge on any atom is -0.451 e. The lowest BCUT2D eigenvalue weighted by molar-refractivity contribution is -0.125. The number of aryl methyl sites for hydroxylation is 2. The number of benzene rings is 1. The van der Waals surface area contributed by atoms with Gasteiger partial charge in [0.2, 0.25) is 0 Å². The molecular weight excluding hydrogens is 386 g/mol. The molecule has 1 N–H and O–H groups in total. The molecule has 0 bridgehead atoms. The van der Waals surface area contributed by atoms with Crippen molar-refractivity contribution in [1.82, 2.24) is 15.1 Å². The van der Waals surface area contributed by atoms with Gasteiger partial charge in [-0.2, -0.15) is 5.10 Å². The minimum atomic E-state index is -0.486. The van der Waals surface area contributed by atoms with Gasteiger partial charge in [0.25, 0.3) is 5.91 Å². The van der Waals surface area contributed by atoms with Crippen LogP contribution in [0.1, 0.15) is 47.3 Å². The molecule has 154 valence electrons. The number of hydrogen-bond acceptors (Lipinski definition) is 5. The summed E-state index contributed by atoms with van der Waals surface area (Å²) in [6, 6.07) is 10.1. The molecular formula is C22H27N3O3S. The summed E-state index contributed by atoms with van der Waals surface area (Å²) < 4.78 is 7.12. The largest absolute Gasteiger partial charge is 0.451 e. The van der Waals surface area contributed by atoms with Gasteiger partial charge in [0.15, 0.2) is 6.61 Å². The van der Waals surface area contributed by atoms with E-state index in [1.165, 1.54) is 16.9 Å². The van der Waals surface area contributed by atoms with Crippen LogP contribution >= 0.6 is 11.3 Å². The van der Waals surface area contributed by atoms with Gasteiger partial charge in [-0.25, -0.2) is 4.79 Å². The second kappa shape index (κ2) is 8.78. The monoisotopic (exact) mass is 413 g/mol. The predicted molar refractivity (Wildman–Crippen MR) is 115 cm³/mol. The van der Waals surface area contributed by atoms with Crippen LogP contribution in [0.3, 0.4) is 0 Å². The number of nitrogens with zero attached hydrogens (tertiary/aromatic N) is 2. The molecule has 0 fully saturated rings. The average molecular weight is 414 g/mol. The molecule has 3 aromatic rings. The second-order valence-electron chi connectivity index (χ2n) is 7.73. The van der Waals surface area contributed by atoms with Crippen molar-refractivity contribution in [2.45, 2.75) is 47.2 Å². The van der Waals surface area contributed by atoms with Gasteiger partial charge < -0.3 is 10.1 Å². The molecule has 1 atom stereocenters. The van der Waals surface area contributed by atoms with Crippen LogP contribution in [-0.2, 0) is 16.1 Å². The first kappa shape index (κ1) is 21.0. The number of aromatic nitrogens is 2. The summed E-state index contributed by atoms with van der Waals surface area (Å²) in [5.74, 6) is -0.459. The van der Waals surface area contributed by atoms with Crippen LogP contribution in [-0.4, -0.2) is 34.3 Å². The third-order valence-corrected chi connectivity index (χ3v) is 6.11. The Balaban J connectivity index is 1.70. The van der Waals surface area contributed by atoms with Gasteiger partial charge in [0.1, 0.15) is 9.71 Å². The number of thiophene rings is 1. The maximum atomic E-state index is 12.4. The smallest absolute Gasteiger partial charge is 0.348 e. The predicted octanol–water partition coefficient (Wildman–Crippen LogP) is 4.08. The zero-order valence-electron chi connectivity index (χ0n) is 17.5. The van der Waals surface area contributed by atoms with Gasteiger partial charge in [0.05, 0.1) is 12.2 Å². The number of rotatable bonds is 7. The standard InChI is InChI=1S/C22H27N3O3S/c1-13(2)15(4)23-20(26)12-28-22(27)19-10-18-16(5)24-25(21(18)29-19)11-17-8-6-14(3)7-9-17/h6-10,13,15H,11-12H2,1-5H3,(H,23,26)/t15-/m1/s1. The lowest BCUT2D eigenvalue weighted by atomic mass is 10.1. The number of fused-ring (bicyclic) bond motifs is 1. The number of hydrogen-bond donors (Lipinski definition) is 1. The summed E-state index contributed by atoms with van der Waals surface area (Å²) in [5, 5.41) is 8.37. The van der Waals surface area contributed by atoms with Crippen molar-refractivity contribution >= 4 is 33.4 Å². The number of nitrogens with one attached hydrogen (secondary N) is 1. The van der Waals surface area contributed by atoms with Crippen molar-refractivity contribution in [3.63, 3.8) is 0 Å². The van der Waals surface area contributed by atoms with Crippen LogP contribution in [0.25, 0.3) is 10.2 Å². The Bertz CT molecular complexity index is 1020. The van der Waals surface area contributed by atoms with Gasteiger partial charge in [-0.05, 0) is 38.3 Å². The number of ether oxygens (including phenoxy) is 1. The van der Waals surface area contributed by atoms with E-state index in [0.29, 0.717) is 17.3 Å². The molecule has 2 heterocycles. The van der Waals surface area contributed by atoms with Gasteiger partial charge >= 0.3 is 5.97 Å². The van der Waals surface area contributed by atoms with Gasteiger partial charge in [0, 0.05) is 11.4 Å². The van der Waals surface area contributed by atoms with E-state index in [0.717, 1.165) is 21.5 Å². The van der Waals surface area contributed by atoms with Crippen LogP contribution in [0.5, 0.6) is 0 Å². The van der Waals surface area contributed by atoms with Crippen LogP contribution in [0.15, 0.2) is 30.3 Å². The number of amides is 1. The molecule has 2 aromatic heterocycles. The Hall–Kier alpha value is -2.67. The summed E-state index contributed by atoms with van der Waals surface area (Å²) >= 11 is 1.34. The second-order valence-corrected chi connectivity index (χ2v) is 8.77. The molecule has 0 aliphatic carbocycles. The molecule has 1 aromatic carbocycles. The van der Waals surface area contributed by atoms with Crippen molar-refractivity contribution < 1.29 is 14.3 Å². The fourth-order valence-electron chi connectivity index (χ4n) is 2.85. The minimum absolute atomic E-state index is 0.0286. The molecule has 0 spiro atoms. The van der Waals surface area contributed by atoms with Crippen LogP contribution in [0.4, 0.5) is 0 Å². The van der Waals surface area contributed by atoms with E-state index in [2.05, 4.69) is 41.6 Å². The van der Waals surface area contributed by atoms with E-state index in [1.54, 1.807) is 6.07 Å². The lowest BCUT2D eigenvalue weighted by Gasteiger charge is -2.17. The third kappa shape index (κ3) is 5.03. The van der Waals surface area contributed by atoms with E-state index < -0.39 is 5.97 Å². The maximum Gasteiger partial charge on any atom is 0.348 e. The van der Waals surface area contributed by atoms with Gasteiger partial charge in [-0.3, -0.25) is 9.48 Å². The Labute approximate surface area is 174 Å². The van der Waals surface area contributed by atoms with Crippen molar-refractivity contribution in [3.05, 3.63) is 52.0 Å². The molecule has 0 unspecified atom stereocenters. The highest BCUT2D eigenvalue weighted by Crippen LogP contribution is 2.29. The van der Waals surface area contributed by atoms with Crippen molar-refractivity contribution in [3.8, 4) is 0 Å². The molecule has 0 saturated carbocycles. The third-order valence-electron chi connectivity index (χ3n) is 4.98. The topological polar surface area (TPSA) is 73.2 Å². The number of carbonyl (C=O) groups is 2. The highest BCUT2D eigenvalue weighted by atomic mass is 32.1. The first-order chi connectivity index (χ1) is 13.7. The first-order valence-electron chi connectivity index (χ1n) is 9.73. The lowest BCUT2D eigenvalue weighted by Crippen LogP contribution is -2.38. The SMILES string of the molecule is Cc1ccc(Cn2nc(C)c3cc(C(=O)OCC(=O)N[C@H](C)C(C)C)sc32)cc1. The summed E-state index contributed by atoms with van der Waals surface area (Å²) in [5.41, 5.74) is 3.22. The molecule has 0 radical (unpaired) electrons. The summed E-state index contributed by atoms with van der Waals surface area (Å²) in [6.45, 7) is 10.3. The summed E-state index contributed by atoms with van der Waals surface area (Å²) in [4.78, 5) is 25.8. The zero-order valence-corrected chi connectivity index (χ0v) is 18.3. The van der Waals surface area contributed by atoms with E-state index in [1.807, 2.05) is 32.4 Å². The molecule has 0 aliphatic rings. The van der Waals surface area contributed by atoms with Crippen molar-refractivity contribution in [1.29, 1.82) is 0 Å². The molecule has 0 saturated heterocycles. The molecule has 0 aliphatic heterocycles. The van der Waals surface area contributed by atoms with Crippen molar-refractivity contribution in [2.75, 3.05) is 6.61 Å². The quantitative estimate of drug-likeness (QED) is 0.593. The Kier molecular flexibility index (Phi) is 6.37. The molecule has 3 rings (SSSR count). The van der Waals surface area contributed by atoms with Crippen LogP contribution in [0, 0.1) is 19.8 Å². The van der Waals surface area contributed by atoms with E-state index in [4.69, 9.17) is 4.74 Å². The van der Waals surface area contributed by atoms with Crippen LogP contribution < -0.4 is 5.32 Å². The molecule has 1 amide bonds. The highest BCUT2D eigenvalue weighted by molar-refractivity contribution is 7.20. The van der Waals surface area contributed by atoms with E-state index >= 15 is 0 Å². The molecule has 29 heavy (non-hydrogen) atoms. The number of esters is 1. The summed E-state index contributed by atoms with van der Waals surface area (Å²) in [7, 11) is 0. The van der Waals surface area contributed by atoms with E-state index in [9.17, 15) is 9.59 Å². The number of carbonyl (C=O) groups excluding carboxylic acids is 2. The fourth-order valence-corrected chi connectivity index (χ4v) is 3.91. The van der Waals surface area contributed by atoms with Gasteiger partial charge in [-0.15, -0.1) is 11.3 Å². The Morgan fingerprint density at radius 1 is 1.17 bits per heavy atom. The molecule has 7 heteroatoms. The maximum absolute atomic E-state index is 12.4. The molecule has 6 nitrogen and oxygen atoms in total. The first-order valence-corrected chi connectivity index (χ1v) is 10.5. The zero-order chi connectivity index (χ0) is 21.1. The Morgan fingerprint density at radius 3 is 2.52 bits per heavy atom.